The zero-order valence-corrected chi connectivity index (χ0v) is 11.9. The van der Waals surface area contributed by atoms with E-state index in [1.165, 1.54) is 11.3 Å². The molecule has 0 radical (unpaired) electrons. The Labute approximate surface area is 115 Å². The van der Waals surface area contributed by atoms with E-state index in [1.807, 2.05) is 13.2 Å². The van der Waals surface area contributed by atoms with E-state index < -0.39 is 11.4 Å². The van der Waals surface area contributed by atoms with Gasteiger partial charge in [-0.05, 0) is 13.8 Å². The van der Waals surface area contributed by atoms with Gasteiger partial charge >= 0.3 is 5.97 Å². The number of nitrogens with one attached hydrogen (secondary N) is 1. The molecule has 0 bridgehead atoms. The molecular formula is C12H16N4O2S. The van der Waals surface area contributed by atoms with Gasteiger partial charge in [0.15, 0.2) is 5.13 Å². The lowest BCUT2D eigenvalue weighted by Gasteiger charge is -2.15. The second kappa shape index (κ2) is 5.00. The number of carboxylic acids is 1. The van der Waals surface area contributed by atoms with Crippen molar-refractivity contribution in [1.82, 2.24) is 14.8 Å². The van der Waals surface area contributed by atoms with Crippen LogP contribution in [0.3, 0.4) is 0 Å². The van der Waals surface area contributed by atoms with E-state index in [9.17, 15) is 4.79 Å². The van der Waals surface area contributed by atoms with Crippen molar-refractivity contribution in [3.05, 3.63) is 29.0 Å². The highest BCUT2D eigenvalue weighted by Gasteiger charge is 2.32. The monoisotopic (exact) mass is 280 g/mol. The van der Waals surface area contributed by atoms with Crippen molar-refractivity contribution in [1.29, 1.82) is 0 Å². The maximum Gasteiger partial charge on any atom is 0.315 e. The van der Waals surface area contributed by atoms with Gasteiger partial charge in [-0.3, -0.25) is 9.48 Å². The number of carbonyl (C=O) groups is 1. The van der Waals surface area contributed by atoms with Crippen LogP contribution in [0.25, 0.3) is 0 Å². The van der Waals surface area contributed by atoms with E-state index in [4.69, 9.17) is 5.11 Å². The number of hydrogen-bond donors (Lipinski definition) is 2. The molecule has 19 heavy (non-hydrogen) atoms. The third-order valence-corrected chi connectivity index (χ3v) is 3.68. The second-order valence-electron chi connectivity index (χ2n) is 4.84. The average molecular weight is 280 g/mol. The van der Waals surface area contributed by atoms with Crippen molar-refractivity contribution in [3.8, 4) is 0 Å². The predicted octanol–water partition coefficient (Wildman–Crippen LogP) is 1.85. The minimum absolute atomic E-state index is 0.568. The first-order valence-corrected chi connectivity index (χ1v) is 6.68. The number of carboxylic acid groups (broad SMARTS) is 1. The lowest BCUT2D eigenvalue weighted by atomic mass is 9.90. The zero-order chi connectivity index (χ0) is 14.0. The number of aliphatic carboxylic acids is 1. The van der Waals surface area contributed by atoms with Crippen LogP contribution < -0.4 is 5.32 Å². The summed E-state index contributed by atoms with van der Waals surface area (Å²) in [6, 6.07) is 0. The Morgan fingerprint density at radius 2 is 2.32 bits per heavy atom. The normalized spacial score (nSPS) is 11.5. The number of hydrogen-bond acceptors (Lipinski definition) is 5. The van der Waals surface area contributed by atoms with E-state index >= 15 is 0 Å². The number of thiazole rings is 1. The summed E-state index contributed by atoms with van der Waals surface area (Å²) in [5, 5.41) is 18.9. The van der Waals surface area contributed by atoms with E-state index in [2.05, 4.69) is 15.4 Å². The topological polar surface area (TPSA) is 80.0 Å². The lowest BCUT2D eigenvalue weighted by molar-refractivity contribution is -0.142. The van der Waals surface area contributed by atoms with Crippen LogP contribution in [0, 0.1) is 0 Å². The fourth-order valence-electron chi connectivity index (χ4n) is 1.49. The highest BCUT2D eigenvalue weighted by atomic mass is 32.1. The molecule has 0 saturated carbocycles. The summed E-state index contributed by atoms with van der Waals surface area (Å²) in [6.45, 7) is 3.92. The van der Waals surface area contributed by atoms with Gasteiger partial charge in [0.2, 0.25) is 0 Å². The Morgan fingerprint density at radius 1 is 1.58 bits per heavy atom. The molecule has 102 valence electrons. The van der Waals surface area contributed by atoms with E-state index in [0.717, 1.165) is 5.56 Å². The van der Waals surface area contributed by atoms with Crippen molar-refractivity contribution in [2.75, 3.05) is 5.32 Å². The molecule has 7 heteroatoms. The van der Waals surface area contributed by atoms with Crippen molar-refractivity contribution in [3.63, 3.8) is 0 Å². The maximum absolute atomic E-state index is 11.1. The average Bonchev–Trinajstić information content (AvgIpc) is 2.95. The molecule has 0 atom stereocenters. The summed E-state index contributed by atoms with van der Waals surface area (Å²) < 4.78 is 1.73. The van der Waals surface area contributed by atoms with Crippen LogP contribution in [0.15, 0.2) is 17.8 Å². The van der Waals surface area contributed by atoms with E-state index in [-0.39, 0.29) is 0 Å². The molecule has 2 heterocycles. The first-order chi connectivity index (χ1) is 8.89. The van der Waals surface area contributed by atoms with Crippen LogP contribution in [0.1, 0.15) is 25.1 Å². The molecule has 2 rings (SSSR count). The van der Waals surface area contributed by atoms with Crippen LogP contribution in [-0.2, 0) is 23.8 Å². The third-order valence-electron chi connectivity index (χ3n) is 2.88. The van der Waals surface area contributed by atoms with Gasteiger partial charge in [0.1, 0.15) is 5.41 Å². The lowest BCUT2D eigenvalue weighted by Crippen LogP contribution is -2.28. The Hall–Kier alpha value is -1.89. The molecule has 0 unspecified atom stereocenters. The smallest absolute Gasteiger partial charge is 0.315 e. The Kier molecular flexibility index (Phi) is 3.57. The number of rotatable bonds is 5. The van der Waals surface area contributed by atoms with Gasteiger partial charge in [-0.1, -0.05) is 0 Å². The molecular weight excluding hydrogens is 264 g/mol. The van der Waals surface area contributed by atoms with E-state index in [0.29, 0.717) is 17.4 Å². The van der Waals surface area contributed by atoms with Gasteiger partial charge in [-0.25, -0.2) is 4.98 Å². The van der Waals surface area contributed by atoms with Crippen molar-refractivity contribution in [2.45, 2.75) is 25.8 Å². The van der Waals surface area contributed by atoms with E-state index in [1.54, 1.807) is 30.1 Å². The standard InChI is InChI=1S/C12H16N4O2S/c1-12(2,10(17)18)9-7-19-11(15-9)13-4-8-5-14-16(3)6-8/h5-7H,4H2,1-3H3,(H,13,15)(H,17,18). The zero-order valence-electron chi connectivity index (χ0n) is 11.0. The molecule has 0 amide bonds. The summed E-state index contributed by atoms with van der Waals surface area (Å²) in [6.07, 6.45) is 3.70. The van der Waals surface area contributed by atoms with Gasteiger partial charge < -0.3 is 10.4 Å². The molecule has 0 spiro atoms. The molecule has 0 aliphatic carbocycles. The summed E-state index contributed by atoms with van der Waals surface area (Å²) in [5.74, 6) is -0.878. The summed E-state index contributed by atoms with van der Waals surface area (Å²) in [5.41, 5.74) is 0.653. The molecule has 2 N–H and O–H groups in total. The number of aromatic nitrogens is 3. The molecule has 2 aromatic rings. The highest BCUT2D eigenvalue weighted by molar-refractivity contribution is 7.13. The molecule has 6 nitrogen and oxygen atoms in total. The van der Waals surface area contributed by atoms with Gasteiger partial charge in [-0.2, -0.15) is 5.10 Å². The summed E-state index contributed by atoms with van der Waals surface area (Å²) in [7, 11) is 1.86. The number of aryl methyl sites for hydroxylation is 1. The first-order valence-electron chi connectivity index (χ1n) is 5.80. The van der Waals surface area contributed by atoms with Crippen molar-refractivity contribution in [2.24, 2.45) is 7.05 Å². The molecule has 0 aromatic carbocycles. The number of anilines is 1. The molecule has 2 aromatic heterocycles. The van der Waals surface area contributed by atoms with Crippen LogP contribution in [0.4, 0.5) is 5.13 Å². The van der Waals surface area contributed by atoms with Gasteiger partial charge in [0.25, 0.3) is 0 Å². The summed E-state index contributed by atoms with van der Waals surface area (Å²) in [4.78, 5) is 15.5. The minimum Gasteiger partial charge on any atom is -0.481 e. The third kappa shape index (κ3) is 2.93. The molecule has 0 fully saturated rings. The predicted molar refractivity (Wildman–Crippen MR) is 73.3 cm³/mol. The Morgan fingerprint density at radius 3 is 2.89 bits per heavy atom. The maximum atomic E-state index is 11.1. The van der Waals surface area contributed by atoms with Gasteiger partial charge in [0, 0.05) is 30.7 Å². The molecule has 0 aliphatic heterocycles. The van der Waals surface area contributed by atoms with Gasteiger partial charge in [-0.15, -0.1) is 11.3 Å². The largest absolute Gasteiger partial charge is 0.481 e. The van der Waals surface area contributed by atoms with Crippen LogP contribution in [-0.4, -0.2) is 25.8 Å². The number of nitrogens with zero attached hydrogens (tertiary/aromatic N) is 3. The van der Waals surface area contributed by atoms with Crippen molar-refractivity contribution >= 4 is 22.4 Å². The highest BCUT2D eigenvalue weighted by Crippen LogP contribution is 2.27. The Balaban J connectivity index is 2.03. The van der Waals surface area contributed by atoms with Crippen LogP contribution in [0.5, 0.6) is 0 Å². The fraction of sp³-hybridized carbons (Fsp3) is 0.417. The quantitative estimate of drug-likeness (QED) is 0.873. The second-order valence-corrected chi connectivity index (χ2v) is 5.70. The minimum atomic E-state index is -0.968. The first kappa shape index (κ1) is 13.5. The SMILES string of the molecule is Cn1cc(CNc2nc(C(C)(C)C(=O)O)cs2)cn1. The van der Waals surface area contributed by atoms with Crippen LogP contribution >= 0.6 is 11.3 Å². The summed E-state index contributed by atoms with van der Waals surface area (Å²) >= 11 is 1.41. The van der Waals surface area contributed by atoms with Crippen LogP contribution in [0.2, 0.25) is 0 Å². The van der Waals surface area contributed by atoms with Gasteiger partial charge in [0.05, 0.1) is 11.9 Å². The Bertz CT molecular complexity index is 588. The fourth-order valence-corrected chi connectivity index (χ4v) is 2.37. The van der Waals surface area contributed by atoms with Crippen molar-refractivity contribution < 1.29 is 9.90 Å². The molecule has 0 aliphatic rings. The molecule has 0 saturated heterocycles.